The highest BCUT2D eigenvalue weighted by molar-refractivity contribution is 5.82. The van der Waals surface area contributed by atoms with Gasteiger partial charge in [-0.05, 0) is 25.8 Å². The van der Waals surface area contributed by atoms with Crippen molar-refractivity contribution in [2.45, 2.75) is 90.0 Å². The Kier molecular flexibility index (Phi) is 12.6. The maximum absolute atomic E-state index is 11.9. The Morgan fingerprint density at radius 2 is 1.54 bits per heavy atom. The molecule has 0 saturated heterocycles. The Balaban J connectivity index is 4.72. The van der Waals surface area contributed by atoms with Crippen LogP contribution in [-0.2, 0) is 9.59 Å². The quantitative estimate of drug-likeness (QED) is 0.319. The van der Waals surface area contributed by atoms with Gasteiger partial charge < -0.3 is 21.7 Å². The van der Waals surface area contributed by atoms with Crippen LogP contribution < -0.4 is 11.5 Å². The van der Waals surface area contributed by atoms with Crippen LogP contribution in [-0.4, -0.2) is 34.7 Å². The molecule has 0 heterocycles. The fourth-order valence-corrected chi connectivity index (χ4v) is 3.20. The fraction of sp³-hybridized carbons (Fsp3) is 0.889. The minimum Gasteiger partial charge on any atom is -0.481 e. The zero-order chi connectivity index (χ0) is 18.4. The average Bonchev–Trinajstić information content (AvgIpc) is 2.52. The number of hydrogen-bond donors (Lipinski definition) is 4. The molecule has 0 aromatic heterocycles. The molecule has 0 bridgehead atoms. The van der Waals surface area contributed by atoms with Crippen molar-refractivity contribution in [1.29, 1.82) is 0 Å². The second-order valence-electron chi connectivity index (χ2n) is 6.79. The topological polar surface area (TPSA) is 127 Å². The molecule has 0 aromatic rings. The summed E-state index contributed by atoms with van der Waals surface area (Å²) in [6.07, 6.45) is 9.17. The molecule has 6 nitrogen and oxygen atoms in total. The number of nitrogens with two attached hydrogens (primary N) is 2. The van der Waals surface area contributed by atoms with Crippen LogP contribution in [0.3, 0.4) is 0 Å². The molecule has 0 aliphatic carbocycles. The Morgan fingerprint density at radius 3 is 2.08 bits per heavy atom. The van der Waals surface area contributed by atoms with Gasteiger partial charge >= 0.3 is 11.9 Å². The number of carboxylic acids is 2. The summed E-state index contributed by atoms with van der Waals surface area (Å²) >= 11 is 0. The van der Waals surface area contributed by atoms with E-state index in [1.807, 2.05) is 0 Å². The molecule has 2 unspecified atom stereocenters. The Bertz CT molecular complexity index is 363. The maximum atomic E-state index is 11.9. The summed E-state index contributed by atoms with van der Waals surface area (Å²) < 4.78 is 0. The van der Waals surface area contributed by atoms with Gasteiger partial charge in [-0.1, -0.05) is 58.3 Å². The molecule has 0 amide bonds. The van der Waals surface area contributed by atoms with E-state index < -0.39 is 29.8 Å². The van der Waals surface area contributed by atoms with Crippen LogP contribution in [0.4, 0.5) is 0 Å². The summed E-state index contributed by atoms with van der Waals surface area (Å²) in [6.45, 7) is 2.75. The highest BCUT2D eigenvalue weighted by atomic mass is 16.4. The van der Waals surface area contributed by atoms with Crippen molar-refractivity contribution < 1.29 is 19.8 Å². The smallest absolute Gasteiger partial charge is 0.311 e. The van der Waals surface area contributed by atoms with E-state index in [1.165, 1.54) is 6.42 Å². The average molecular weight is 344 g/mol. The van der Waals surface area contributed by atoms with Gasteiger partial charge in [0.05, 0.1) is 11.8 Å². The van der Waals surface area contributed by atoms with Gasteiger partial charge in [0, 0.05) is 6.04 Å². The Morgan fingerprint density at radius 1 is 0.958 bits per heavy atom. The second-order valence-corrected chi connectivity index (χ2v) is 6.79. The minimum atomic E-state index is -1.36. The van der Waals surface area contributed by atoms with Gasteiger partial charge in [0.25, 0.3) is 0 Å². The van der Waals surface area contributed by atoms with Gasteiger partial charge in [-0.25, -0.2) is 0 Å². The zero-order valence-corrected chi connectivity index (χ0v) is 15.1. The molecule has 24 heavy (non-hydrogen) atoms. The largest absolute Gasteiger partial charge is 0.481 e. The number of aliphatic carboxylic acids is 2. The lowest BCUT2D eigenvalue weighted by atomic mass is 9.72. The molecule has 0 aliphatic rings. The first-order valence-corrected chi connectivity index (χ1v) is 9.31. The van der Waals surface area contributed by atoms with Crippen LogP contribution >= 0.6 is 0 Å². The number of carboxylic acid groups (broad SMARTS) is 2. The second kappa shape index (κ2) is 13.2. The molecule has 0 aromatic carbocycles. The lowest BCUT2D eigenvalue weighted by Crippen LogP contribution is -2.49. The van der Waals surface area contributed by atoms with Crippen LogP contribution in [0.1, 0.15) is 84.0 Å². The van der Waals surface area contributed by atoms with Crippen LogP contribution in [0.15, 0.2) is 0 Å². The summed E-state index contributed by atoms with van der Waals surface area (Å²) in [4.78, 5) is 23.1. The first-order chi connectivity index (χ1) is 11.4. The van der Waals surface area contributed by atoms with Crippen molar-refractivity contribution >= 4 is 11.9 Å². The first kappa shape index (κ1) is 22.9. The molecular weight excluding hydrogens is 308 g/mol. The Hall–Kier alpha value is -1.14. The van der Waals surface area contributed by atoms with E-state index in [1.54, 1.807) is 0 Å². The minimum absolute atomic E-state index is 0.332. The van der Waals surface area contributed by atoms with E-state index in [2.05, 4.69) is 6.92 Å². The molecule has 6 heteroatoms. The van der Waals surface area contributed by atoms with Gasteiger partial charge in [0.1, 0.15) is 0 Å². The van der Waals surface area contributed by atoms with E-state index in [-0.39, 0.29) is 0 Å². The summed E-state index contributed by atoms with van der Waals surface area (Å²) in [6, 6.07) is -0.639. The Labute approximate surface area is 146 Å². The van der Waals surface area contributed by atoms with E-state index >= 15 is 0 Å². The van der Waals surface area contributed by atoms with Crippen molar-refractivity contribution in [2.75, 3.05) is 6.54 Å². The summed E-state index contributed by atoms with van der Waals surface area (Å²) in [5, 5.41) is 18.9. The molecule has 0 fully saturated rings. The highest BCUT2D eigenvalue weighted by Crippen LogP contribution is 2.35. The van der Waals surface area contributed by atoms with Crippen molar-refractivity contribution in [2.24, 2.45) is 16.9 Å². The van der Waals surface area contributed by atoms with Crippen LogP contribution in [0.25, 0.3) is 0 Å². The van der Waals surface area contributed by atoms with E-state index in [0.29, 0.717) is 25.8 Å². The maximum Gasteiger partial charge on any atom is 0.311 e. The molecule has 142 valence electrons. The monoisotopic (exact) mass is 344 g/mol. The molecule has 0 spiro atoms. The highest BCUT2D eigenvalue weighted by Gasteiger charge is 2.45. The lowest BCUT2D eigenvalue weighted by molar-refractivity contribution is -0.158. The van der Waals surface area contributed by atoms with Crippen LogP contribution in [0.5, 0.6) is 0 Å². The van der Waals surface area contributed by atoms with Crippen LogP contribution in [0, 0.1) is 5.41 Å². The van der Waals surface area contributed by atoms with Gasteiger partial charge in [-0.2, -0.15) is 0 Å². The third-order valence-electron chi connectivity index (χ3n) is 4.80. The molecular formula is C18H36N2O4. The van der Waals surface area contributed by atoms with Gasteiger partial charge in [-0.15, -0.1) is 0 Å². The number of carbonyl (C=O) groups is 2. The first-order valence-electron chi connectivity index (χ1n) is 9.31. The molecule has 0 radical (unpaired) electrons. The van der Waals surface area contributed by atoms with Crippen LogP contribution in [0.2, 0.25) is 0 Å². The normalized spacial score (nSPS) is 15.0. The predicted molar refractivity (Wildman–Crippen MR) is 95.8 cm³/mol. The van der Waals surface area contributed by atoms with E-state index in [9.17, 15) is 19.8 Å². The van der Waals surface area contributed by atoms with Crippen molar-refractivity contribution in [3.63, 3.8) is 0 Å². The number of hydrogen-bond acceptors (Lipinski definition) is 4. The van der Waals surface area contributed by atoms with Gasteiger partial charge in [0.2, 0.25) is 0 Å². The molecule has 2 atom stereocenters. The standard InChI is InChI=1S/C18H36N2O4/c1-2-3-4-5-6-9-12-18(17(23)24,14-16(21)22)15(20)11-8-7-10-13-19/h15H,2-14,19-20H2,1H3,(H,21,22)(H,23,24). The lowest BCUT2D eigenvalue weighted by Gasteiger charge is -2.34. The zero-order valence-electron chi connectivity index (χ0n) is 15.1. The van der Waals surface area contributed by atoms with E-state index in [4.69, 9.17) is 11.5 Å². The number of rotatable bonds is 16. The summed E-state index contributed by atoms with van der Waals surface area (Å²) in [7, 11) is 0. The SMILES string of the molecule is CCCCCCCCC(CC(=O)O)(C(=O)O)C(N)CCCCCN. The van der Waals surface area contributed by atoms with Crippen molar-refractivity contribution in [3.05, 3.63) is 0 Å². The van der Waals surface area contributed by atoms with Crippen molar-refractivity contribution in [1.82, 2.24) is 0 Å². The predicted octanol–water partition coefficient (Wildman–Crippen LogP) is 3.13. The molecule has 0 rings (SSSR count). The summed E-state index contributed by atoms with van der Waals surface area (Å²) in [5.74, 6) is -2.18. The third-order valence-corrected chi connectivity index (χ3v) is 4.80. The van der Waals surface area contributed by atoms with Gasteiger partial charge in [0.15, 0.2) is 0 Å². The van der Waals surface area contributed by atoms with Crippen molar-refractivity contribution in [3.8, 4) is 0 Å². The number of unbranched alkanes of at least 4 members (excludes halogenated alkanes) is 7. The van der Waals surface area contributed by atoms with Gasteiger partial charge in [-0.3, -0.25) is 9.59 Å². The molecule has 0 saturated carbocycles. The van der Waals surface area contributed by atoms with E-state index in [0.717, 1.165) is 44.9 Å². The third kappa shape index (κ3) is 8.64. The molecule has 0 aliphatic heterocycles. The summed E-state index contributed by atoms with van der Waals surface area (Å²) in [5.41, 5.74) is 10.3. The molecule has 6 N–H and O–H groups in total. The fourth-order valence-electron chi connectivity index (χ4n) is 3.20.